The fraction of sp³-hybridized carbons (Fsp3) is 0.167. The lowest BCUT2D eigenvalue weighted by molar-refractivity contribution is 1.24. The molecule has 0 spiro atoms. The Kier molecular flexibility index (Phi) is 2.55. The first-order chi connectivity index (χ1) is 6.74. The van der Waals surface area contributed by atoms with Crippen molar-refractivity contribution in [2.45, 2.75) is 13.3 Å². The molecule has 0 atom stereocenters. The molecule has 0 fully saturated rings. The molecule has 71 valence electrons. The SMILES string of the molecule is Cc1ccc(Cc2c[c]c(N)cc2)s1. The molecule has 2 heteroatoms. The number of nitrogen functional groups attached to an aromatic ring is 1. The van der Waals surface area contributed by atoms with Crippen molar-refractivity contribution >= 4 is 17.0 Å². The van der Waals surface area contributed by atoms with Gasteiger partial charge in [-0.05, 0) is 36.8 Å². The molecule has 0 bridgehead atoms. The van der Waals surface area contributed by atoms with E-state index in [1.54, 1.807) is 0 Å². The van der Waals surface area contributed by atoms with Crippen molar-refractivity contribution in [2.75, 3.05) is 5.73 Å². The molecule has 2 rings (SSSR count). The molecule has 0 aliphatic rings. The van der Waals surface area contributed by atoms with Crippen LogP contribution in [0.4, 0.5) is 5.69 Å². The third-order valence-electron chi connectivity index (χ3n) is 2.08. The summed E-state index contributed by atoms with van der Waals surface area (Å²) in [6, 6.07) is 13.3. The van der Waals surface area contributed by atoms with E-state index in [0.29, 0.717) is 5.69 Å². The minimum atomic E-state index is 0.705. The zero-order valence-corrected chi connectivity index (χ0v) is 8.90. The van der Waals surface area contributed by atoms with Crippen molar-refractivity contribution in [3.63, 3.8) is 0 Å². The van der Waals surface area contributed by atoms with Crippen LogP contribution in [-0.4, -0.2) is 0 Å². The van der Waals surface area contributed by atoms with Gasteiger partial charge in [0.05, 0.1) is 0 Å². The minimum absolute atomic E-state index is 0.705. The Hall–Kier alpha value is -1.28. The average molecular weight is 202 g/mol. The normalized spacial score (nSPS) is 10.4. The van der Waals surface area contributed by atoms with Crippen molar-refractivity contribution in [3.05, 3.63) is 51.7 Å². The second kappa shape index (κ2) is 3.84. The molecule has 1 heterocycles. The van der Waals surface area contributed by atoms with E-state index in [1.165, 1.54) is 15.3 Å². The van der Waals surface area contributed by atoms with Crippen LogP contribution in [0.2, 0.25) is 0 Å². The molecular formula is C12H12NS. The fourth-order valence-electron chi connectivity index (χ4n) is 1.36. The summed E-state index contributed by atoms with van der Waals surface area (Å²) in [7, 11) is 0. The maximum atomic E-state index is 5.57. The highest BCUT2D eigenvalue weighted by atomic mass is 32.1. The quantitative estimate of drug-likeness (QED) is 0.744. The second-order valence-corrected chi connectivity index (χ2v) is 4.71. The van der Waals surface area contributed by atoms with E-state index in [4.69, 9.17) is 5.73 Å². The molecule has 0 unspecified atom stereocenters. The summed E-state index contributed by atoms with van der Waals surface area (Å²) in [5.74, 6) is 0. The van der Waals surface area contributed by atoms with E-state index in [1.807, 2.05) is 23.5 Å². The van der Waals surface area contributed by atoms with Gasteiger partial charge in [-0.15, -0.1) is 11.3 Å². The number of anilines is 1. The first-order valence-corrected chi connectivity index (χ1v) is 5.37. The monoisotopic (exact) mass is 202 g/mol. The van der Waals surface area contributed by atoms with E-state index < -0.39 is 0 Å². The van der Waals surface area contributed by atoms with Gasteiger partial charge in [0.25, 0.3) is 0 Å². The molecule has 0 saturated carbocycles. The van der Waals surface area contributed by atoms with Crippen LogP contribution in [0, 0.1) is 13.0 Å². The Morgan fingerprint density at radius 2 is 2.14 bits per heavy atom. The van der Waals surface area contributed by atoms with Gasteiger partial charge in [-0.3, -0.25) is 0 Å². The fourth-order valence-corrected chi connectivity index (χ4v) is 2.28. The highest BCUT2D eigenvalue weighted by Gasteiger charge is 1.98. The zero-order valence-electron chi connectivity index (χ0n) is 8.08. The van der Waals surface area contributed by atoms with Crippen molar-refractivity contribution in [3.8, 4) is 0 Å². The highest BCUT2D eigenvalue weighted by molar-refractivity contribution is 7.11. The van der Waals surface area contributed by atoms with Gasteiger partial charge in [-0.1, -0.05) is 6.07 Å². The van der Waals surface area contributed by atoms with E-state index in [-0.39, 0.29) is 0 Å². The molecule has 1 aromatic heterocycles. The Morgan fingerprint density at radius 1 is 1.29 bits per heavy atom. The maximum Gasteiger partial charge on any atom is 0.0394 e. The van der Waals surface area contributed by atoms with Crippen LogP contribution in [0.25, 0.3) is 0 Å². The van der Waals surface area contributed by atoms with Gasteiger partial charge >= 0.3 is 0 Å². The summed E-state index contributed by atoms with van der Waals surface area (Å²) in [6.07, 6.45) is 0.981. The van der Waals surface area contributed by atoms with Crippen molar-refractivity contribution in [1.29, 1.82) is 0 Å². The van der Waals surface area contributed by atoms with Gasteiger partial charge in [0.15, 0.2) is 0 Å². The number of aryl methyl sites for hydroxylation is 1. The summed E-state index contributed by atoms with van der Waals surface area (Å²) in [5, 5.41) is 0. The Labute approximate surface area is 88.2 Å². The summed E-state index contributed by atoms with van der Waals surface area (Å²) in [6.45, 7) is 2.13. The Morgan fingerprint density at radius 3 is 2.71 bits per heavy atom. The van der Waals surface area contributed by atoms with Crippen LogP contribution in [0.3, 0.4) is 0 Å². The summed E-state index contributed by atoms with van der Waals surface area (Å²) >= 11 is 1.84. The van der Waals surface area contributed by atoms with Crippen LogP contribution < -0.4 is 5.73 Å². The third kappa shape index (κ3) is 2.15. The van der Waals surface area contributed by atoms with Crippen LogP contribution in [0.15, 0.2) is 30.3 Å². The topological polar surface area (TPSA) is 26.0 Å². The molecule has 1 radical (unpaired) electrons. The molecule has 1 nitrogen and oxygen atoms in total. The second-order valence-electron chi connectivity index (χ2n) is 3.34. The zero-order chi connectivity index (χ0) is 9.97. The van der Waals surface area contributed by atoms with E-state index in [0.717, 1.165) is 6.42 Å². The molecule has 2 aromatic rings. The highest BCUT2D eigenvalue weighted by Crippen LogP contribution is 2.19. The van der Waals surface area contributed by atoms with Gasteiger partial charge in [-0.25, -0.2) is 0 Å². The smallest absolute Gasteiger partial charge is 0.0394 e. The standard InChI is InChI=1S/C12H12NS/c1-9-2-7-12(14-9)8-10-3-5-11(13)6-4-10/h2-5,7H,8,13H2,1H3. The van der Waals surface area contributed by atoms with Crippen LogP contribution >= 0.6 is 11.3 Å². The predicted octanol–water partition coefficient (Wildman–Crippen LogP) is 3.03. The average Bonchev–Trinajstić information content (AvgIpc) is 2.56. The molecule has 0 aliphatic heterocycles. The van der Waals surface area contributed by atoms with Gasteiger partial charge in [0.2, 0.25) is 0 Å². The van der Waals surface area contributed by atoms with Gasteiger partial charge in [-0.2, -0.15) is 0 Å². The molecule has 1 aromatic carbocycles. The molecule has 2 N–H and O–H groups in total. The Balaban J connectivity index is 2.15. The molecular weight excluding hydrogens is 190 g/mol. The molecule has 0 amide bonds. The summed E-state index contributed by atoms with van der Waals surface area (Å²) < 4.78 is 0. The van der Waals surface area contributed by atoms with Gasteiger partial charge in [0, 0.05) is 27.9 Å². The van der Waals surface area contributed by atoms with Crippen molar-refractivity contribution < 1.29 is 0 Å². The van der Waals surface area contributed by atoms with Crippen LogP contribution in [0.5, 0.6) is 0 Å². The van der Waals surface area contributed by atoms with Gasteiger partial charge in [0.1, 0.15) is 0 Å². The lowest BCUT2D eigenvalue weighted by atomic mass is 10.1. The lowest BCUT2D eigenvalue weighted by Gasteiger charge is -1.98. The molecule has 0 saturated heterocycles. The third-order valence-corrected chi connectivity index (χ3v) is 3.08. The maximum absolute atomic E-state index is 5.57. The van der Waals surface area contributed by atoms with E-state index in [9.17, 15) is 0 Å². The largest absolute Gasteiger partial charge is 0.398 e. The number of nitrogens with two attached hydrogens (primary N) is 1. The minimum Gasteiger partial charge on any atom is -0.398 e. The summed E-state index contributed by atoms with van der Waals surface area (Å²) in [5.41, 5.74) is 7.54. The van der Waals surface area contributed by atoms with Crippen molar-refractivity contribution in [2.24, 2.45) is 0 Å². The van der Waals surface area contributed by atoms with Crippen LogP contribution in [0.1, 0.15) is 15.3 Å². The molecule has 14 heavy (non-hydrogen) atoms. The lowest BCUT2D eigenvalue weighted by Crippen LogP contribution is -1.87. The number of hydrogen-bond acceptors (Lipinski definition) is 2. The number of benzene rings is 1. The number of thiophene rings is 1. The predicted molar refractivity (Wildman–Crippen MR) is 61.6 cm³/mol. The van der Waals surface area contributed by atoms with Gasteiger partial charge < -0.3 is 5.73 Å². The van der Waals surface area contributed by atoms with Crippen LogP contribution in [-0.2, 0) is 6.42 Å². The first kappa shape index (κ1) is 9.28. The van der Waals surface area contributed by atoms with Crippen molar-refractivity contribution in [1.82, 2.24) is 0 Å². The number of hydrogen-bond donors (Lipinski definition) is 1. The summed E-state index contributed by atoms with van der Waals surface area (Å²) in [4.78, 5) is 2.75. The number of rotatable bonds is 2. The van der Waals surface area contributed by atoms with E-state index >= 15 is 0 Å². The van der Waals surface area contributed by atoms with E-state index in [2.05, 4.69) is 31.2 Å². The Bertz CT molecular complexity index is 414. The first-order valence-electron chi connectivity index (χ1n) is 4.55. The molecule has 0 aliphatic carbocycles.